The molecule has 0 amide bonds. The molecule has 4 heteroatoms. The molecule has 84 valence electrons. The predicted octanol–water partition coefficient (Wildman–Crippen LogP) is 1.38. The molecule has 1 fully saturated rings. The summed E-state index contributed by atoms with van der Waals surface area (Å²) in [6, 6.07) is 0.497. The second-order valence-corrected chi connectivity index (χ2v) is 4.48. The Hall–Kier alpha value is -0.870. The molecule has 0 bridgehead atoms. The lowest BCUT2D eigenvalue weighted by molar-refractivity contribution is 0.110. The van der Waals surface area contributed by atoms with Gasteiger partial charge < -0.3 is 15.4 Å². The Bertz CT molecular complexity index is 313. The zero-order valence-corrected chi connectivity index (χ0v) is 9.13. The van der Waals surface area contributed by atoms with Crippen molar-refractivity contribution in [2.75, 3.05) is 0 Å². The van der Waals surface area contributed by atoms with Gasteiger partial charge in [-0.1, -0.05) is 0 Å². The normalized spacial score (nSPS) is 29.0. The van der Waals surface area contributed by atoms with Gasteiger partial charge in [0.15, 0.2) is 0 Å². The van der Waals surface area contributed by atoms with Gasteiger partial charge in [-0.3, -0.25) is 0 Å². The summed E-state index contributed by atoms with van der Waals surface area (Å²) in [6.07, 6.45) is 7.43. The molecule has 1 saturated carbocycles. The molecule has 0 saturated heterocycles. The Kier molecular flexibility index (Phi) is 3.07. The SMILES string of the molecule is CC(N)c1cncn1C1CCC(O)CC1. The molecule has 1 aliphatic rings. The van der Waals surface area contributed by atoms with E-state index in [1.807, 2.05) is 19.4 Å². The van der Waals surface area contributed by atoms with Crippen molar-refractivity contribution in [3.8, 4) is 0 Å². The Morgan fingerprint density at radius 2 is 2.13 bits per heavy atom. The maximum absolute atomic E-state index is 9.45. The number of nitrogens with two attached hydrogens (primary N) is 1. The zero-order valence-electron chi connectivity index (χ0n) is 9.13. The van der Waals surface area contributed by atoms with Gasteiger partial charge in [0, 0.05) is 18.3 Å². The summed E-state index contributed by atoms with van der Waals surface area (Å²) in [6.45, 7) is 1.98. The van der Waals surface area contributed by atoms with E-state index in [-0.39, 0.29) is 12.1 Å². The summed E-state index contributed by atoms with van der Waals surface area (Å²) < 4.78 is 2.18. The summed E-state index contributed by atoms with van der Waals surface area (Å²) in [5, 5.41) is 9.45. The molecular weight excluding hydrogens is 190 g/mol. The Morgan fingerprint density at radius 3 is 2.73 bits per heavy atom. The van der Waals surface area contributed by atoms with E-state index in [1.54, 1.807) is 0 Å². The van der Waals surface area contributed by atoms with Crippen LogP contribution in [0.15, 0.2) is 12.5 Å². The zero-order chi connectivity index (χ0) is 10.8. The molecular formula is C11H19N3O. The highest BCUT2D eigenvalue weighted by Crippen LogP contribution is 2.30. The van der Waals surface area contributed by atoms with Crippen LogP contribution in [0.1, 0.15) is 50.4 Å². The summed E-state index contributed by atoms with van der Waals surface area (Å²) in [5.41, 5.74) is 6.98. The first kappa shape index (κ1) is 10.6. The standard InChI is InChI=1S/C11H19N3O/c1-8(12)11-6-13-7-14(11)9-2-4-10(15)5-3-9/h6-10,15H,2-5,12H2,1H3. The molecule has 1 aromatic heterocycles. The number of imidazole rings is 1. The molecule has 3 N–H and O–H groups in total. The number of nitrogens with zero attached hydrogens (tertiary/aromatic N) is 2. The summed E-state index contributed by atoms with van der Waals surface area (Å²) in [4.78, 5) is 4.16. The second-order valence-electron chi connectivity index (χ2n) is 4.48. The minimum absolute atomic E-state index is 0.0272. The lowest BCUT2D eigenvalue weighted by Crippen LogP contribution is -2.23. The summed E-state index contributed by atoms with van der Waals surface area (Å²) >= 11 is 0. The first-order valence-electron chi connectivity index (χ1n) is 5.64. The molecule has 0 radical (unpaired) electrons. The highest BCUT2D eigenvalue weighted by atomic mass is 16.3. The van der Waals surface area contributed by atoms with E-state index >= 15 is 0 Å². The van der Waals surface area contributed by atoms with Crippen LogP contribution in [0.5, 0.6) is 0 Å². The Labute approximate surface area is 90.1 Å². The van der Waals surface area contributed by atoms with Crippen molar-refractivity contribution < 1.29 is 5.11 Å². The lowest BCUT2D eigenvalue weighted by atomic mass is 9.92. The predicted molar refractivity (Wildman–Crippen MR) is 58.3 cm³/mol. The van der Waals surface area contributed by atoms with Gasteiger partial charge in [0.05, 0.1) is 18.1 Å². The van der Waals surface area contributed by atoms with Crippen molar-refractivity contribution >= 4 is 0 Å². The minimum Gasteiger partial charge on any atom is -0.393 e. The van der Waals surface area contributed by atoms with Crippen LogP contribution in [0.4, 0.5) is 0 Å². The van der Waals surface area contributed by atoms with Gasteiger partial charge >= 0.3 is 0 Å². The average Bonchev–Trinajstić information content (AvgIpc) is 2.67. The maximum Gasteiger partial charge on any atom is 0.0951 e. The van der Waals surface area contributed by atoms with Gasteiger partial charge in [-0.2, -0.15) is 0 Å². The van der Waals surface area contributed by atoms with Crippen molar-refractivity contribution in [1.29, 1.82) is 0 Å². The van der Waals surface area contributed by atoms with Crippen LogP contribution in [0.25, 0.3) is 0 Å². The fourth-order valence-electron chi connectivity index (χ4n) is 2.31. The van der Waals surface area contributed by atoms with Crippen molar-refractivity contribution in [3.05, 3.63) is 18.2 Å². The number of hydrogen-bond acceptors (Lipinski definition) is 3. The third-order valence-corrected chi connectivity index (χ3v) is 3.22. The van der Waals surface area contributed by atoms with Crippen molar-refractivity contribution in [2.45, 2.75) is 50.8 Å². The second kappa shape index (κ2) is 4.33. The van der Waals surface area contributed by atoms with Gasteiger partial charge in [0.2, 0.25) is 0 Å². The van der Waals surface area contributed by atoms with Crippen LogP contribution < -0.4 is 5.73 Å². The van der Waals surface area contributed by atoms with Crippen LogP contribution in [0, 0.1) is 0 Å². The molecule has 15 heavy (non-hydrogen) atoms. The third-order valence-electron chi connectivity index (χ3n) is 3.22. The van der Waals surface area contributed by atoms with Gasteiger partial charge in [-0.05, 0) is 32.6 Å². The van der Waals surface area contributed by atoms with E-state index in [9.17, 15) is 5.11 Å². The van der Waals surface area contributed by atoms with Gasteiger partial charge in [-0.15, -0.1) is 0 Å². The highest BCUT2D eigenvalue weighted by Gasteiger charge is 2.22. The van der Waals surface area contributed by atoms with Crippen LogP contribution in [-0.4, -0.2) is 20.8 Å². The number of aromatic nitrogens is 2. The van der Waals surface area contributed by atoms with Crippen LogP contribution in [0.2, 0.25) is 0 Å². The van der Waals surface area contributed by atoms with E-state index in [0.717, 1.165) is 31.4 Å². The van der Waals surface area contributed by atoms with Gasteiger partial charge in [0.25, 0.3) is 0 Å². The van der Waals surface area contributed by atoms with E-state index in [0.29, 0.717) is 6.04 Å². The van der Waals surface area contributed by atoms with Gasteiger partial charge in [0.1, 0.15) is 0 Å². The fraction of sp³-hybridized carbons (Fsp3) is 0.727. The third kappa shape index (κ3) is 2.21. The largest absolute Gasteiger partial charge is 0.393 e. The number of aliphatic hydroxyl groups is 1. The Balaban J connectivity index is 2.12. The topological polar surface area (TPSA) is 64.1 Å². The molecule has 1 aromatic rings. The number of aliphatic hydroxyl groups excluding tert-OH is 1. The van der Waals surface area contributed by atoms with E-state index in [4.69, 9.17) is 5.73 Å². The van der Waals surface area contributed by atoms with Crippen LogP contribution >= 0.6 is 0 Å². The van der Waals surface area contributed by atoms with Crippen molar-refractivity contribution in [2.24, 2.45) is 5.73 Å². The smallest absolute Gasteiger partial charge is 0.0951 e. The molecule has 1 atom stereocenters. The first-order valence-corrected chi connectivity index (χ1v) is 5.64. The molecule has 0 aromatic carbocycles. The maximum atomic E-state index is 9.45. The van der Waals surface area contributed by atoms with E-state index in [1.165, 1.54) is 0 Å². The van der Waals surface area contributed by atoms with Crippen LogP contribution in [0.3, 0.4) is 0 Å². The van der Waals surface area contributed by atoms with E-state index in [2.05, 4.69) is 9.55 Å². The molecule has 4 nitrogen and oxygen atoms in total. The minimum atomic E-state index is -0.108. The first-order chi connectivity index (χ1) is 7.18. The molecule has 0 spiro atoms. The summed E-state index contributed by atoms with van der Waals surface area (Å²) in [7, 11) is 0. The molecule has 1 aliphatic carbocycles. The van der Waals surface area contributed by atoms with Crippen molar-refractivity contribution in [3.63, 3.8) is 0 Å². The van der Waals surface area contributed by atoms with Crippen molar-refractivity contribution in [1.82, 2.24) is 9.55 Å². The molecule has 2 rings (SSSR count). The lowest BCUT2D eigenvalue weighted by Gasteiger charge is -2.28. The number of rotatable bonds is 2. The van der Waals surface area contributed by atoms with E-state index < -0.39 is 0 Å². The van der Waals surface area contributed by atoms with Gasteiger partial charge in [-0.25, -0.2) is 4.98 Å². The molecule has 0 aliphatic heterocycles. The molecule has 1 heterocycles. The van der Waals surface area contributed by atoms with Crippen LogP contribution in [-0.2, 0) is 0 Å². The fourth-order valence-corrected chi connectivity index (χ4v) is 2.31. The monoisotopic (exact) mass is 209 g/mol. The molecule has 1 unspecified atom stereocenters. The average molecular weight is 209 g/mol. The Morgan fingerprint density at radius 1 is 1.47 bits per heavy atom. The summed E-state index contributed by atoms with van der Waals surface area (Å²) in [5.74, 6) is 0. The quantitative estimate of drug-likeness (QED) is 0.773. The number of hydrogen-bond donors (Lipinski definition) is 2. The highest BCUT2D eigenvalue weighted by molar-refractivity contribution is 5.05.